The Balaban J connectivity index is 0.00000264. The number of rotatable bonds is 5. The molecule has 2 atom stereocenters. The highest BCUT2D eigenvalue weighted by atomic mass is 35.5. The van der Waals surface area contributed by atoms with Crippen LogP contribution in [-0.2, 0) is 4.79 Å². The van der Waals surface area contributed by atoms with Gasteiger partial charge in [-0.2, -0.15) is 0 Å². The van der Waals surface area contributed by atoms with E-state index in [0.717, 1.165) is 5.75 Å². The number of pyridine rings is 1. The first-order valence-electron chi connectivity index (χ1n) is 7.22. The molecule has 2 unspecified atom stereocenters. The van der Waals surface area contributed by atoms with Gasteiger partial charge in [-0.1, -0.05) is 24.6 Å². The second-order valence-electron chi connectivity index (χ2n) is 5.44. The fourth-order valence-electron chi connectivity index (χ4n) is 1.74. The van der Waals surface area contributed by atoms with Gasteiger partial charge in [-0.05, 0) is 32.0 Å². The smallest absolute Gasteiger partial charge is 0.228 e. The molecule has 132 valence electrons. The number of aromatic nitrogens is 1. The zero-order valence-corrected chi connectivity index (χ0v) is 15.5. The Bertz CT molecular complexity index is 631. The van der Waals surface area contributed by atoms with Crippen molar-refractivity contribution < 1.29 is 9.53 Å². The molecule has 0 bridgehead atoms. The average molecular weight is 372 g/mol. The number of carbonyl (C=O) groups excluding carboxylic acids is 1. The number of halogens is 2. The van der Waals surface area contributed by atoms with E-state index in [1.165, 1.54) is 5.56 Å². The highest BCUT2D eigenvalue weighted by Gasteiger charge is 2.17. The maximum absolute atomic E-state index is 11.9. The lowest BCUT2D eigenvalue weighted by Gasteiger charge is -2.15. The van der Waals surface area contributed by atoms with Gasteiger partial charge in [-0.25, -0.2) is 4.98 Å². The number of benzene rings is 1. The molecular formula is C17H23Cl2N3O2. The first-order chi connectivity index (χ1) is 10.5. The maximum Gasteiger partial charge on any atom is 0.228 e. The second-order valence-corrected chi connectivity index (χ2v) is 5.44. The molecule has 0 radical (unpaired) electrons. The molecule has 0 saturated heterocycles. The number of hydrogen-bond donors (Lipinski definition) is 2. The van der Waals surface area contributed by atoms with Crippen LogP contribution in [0.3, 0.4) is 0 Å². The monoisotopic (exact) mass is 371 g/mol. The van der Waals surface area contributed by atoms with Crippen LogP contribution in [0.5, 0.6) is 11.6 Å². The lowest BCUT2D eigenvalue weighted by Crippen LogP contribution is -2.34. The summed E-state index contributed by atoms with van der Waals surface area (Å²) in [5.41, 5.74) is 7.50. The van der Waals surface area contributed by atoms with Crippen LogP contribution in [0.15, 0.2) is 42.6 Å². The Morgan fingerprint density at radius 1 is 1.12 bits per heavy atom. The predicted octanol–water partition coefficient (Wildman–Crippen LogP) is 3.95. The third kappa shape index (κ3) is 6.35. The van der Waals surface area contributed by atoms with Gasteiger partial charge < -0.3 is 15.8 Å². The van der Waals surface area contributed by atoms with Crippen LogP contribution in [-0.4, -0.2) is 16.9 Å². The van der Waals surface area contributed by atoms with E-state index in [4.69, 9.17) is 10.5 Å². The van der Waals surface area contributed by atoms with Gasteiger partial charge in [0.15, 0.2) is 0 Å². The van der Waals surface area contributed by atoms with Gasteiger partial charge in [0.25, 0.3) is 0 Å². The summed E-state index contributed by atoms with van der Waals surface area (Å²) in [5.74, 6) is 0.815. The van der Waals surface area contributed by atoms with Crippen molar-refractivity contribution in [2.75, 3.05) is 5.32 Å². The summed E-state index contributed by atoms with van der Waals surface area (Å²) in [6.07, 6.45) is 1.56. The quantitative estimate of drug-likeness (QED) is 0.833. The summed E-state index contributed by atoms with van der Waals surface area (Å²) in [4.78, 5) is 16.1. The Morgan fingerprint density at radius 3 is 2.25 bits per heavy atom. The van der Waals surface area contributed by atoms with E-state index in [1.807, 2.05) is 31.2 Å². The molecule has 7 heteroatoms. The molecule has 0 aliphatic carbocycles. The van der Waals surface area contributed by atoms with Crippen LogP contribution in [0, 0.1) is 12.8 Å². The van der Waals surface area contributed by atoms with Gasteiger partial charge in [0.1, 0.15) is 5.75 Å². The van der Waals surface area contributed by atoms with Gasteiger partial charge in [-0.15, -0.1) is 24.8 Å². The molecule has 0 aliphatic heterocycles. The lowest BCUT2D eigenvalue weighted by atomic mass is 10.0. The Labute approximate surface area is 154 Å². The SMILES string of the molecule is Cc1ccc(Oc2ccc(NC(=O)C(C)C(C)N)cn2)cc1.Cl.Cl. The van der Waals surface area contributed by atoms with E-state index in [2.05, 4.69) is 10.3 Å². The summed E-state index contributed by atoms with van der Waals surface area (Å²) in [7, 11) is 0. The summed E-state index contributed by atoms with van der Waals surface area (Å²) >= 11 is 0. The summed E-state index contributed by atoms with van der Waals surface area (Å²) < 4.78 is 5.64. The van der Waals surface area contributed by atoms with E-state index >= 15 is 0 Å². The molecule has 0 saturated carbocycles. The van der Waals surface area contributed by atoms with Crippen molar-refractivity contribution in [2.45, 2.75) is 26.8 Å². The zero-order chi connectivity index (χ0) is 16.1. The minimum atomic E-state index is -0.261. The number of nitrogens with one attached hydrogen (secondary N) is 1. The minimum absolute atomic E-state index is 0. The van der Waals surface area contributed by atoms with Crippen LogP contribution in [0.1, 0.15) is 19.4 Å². The maximum atomic E-state index is 11.9. The van der Waals surface area contributed by atoms with Crippen molar-refractivity contribution in [3.8, 4) is 11.6 Å². The number of carbonyl (C=O) groups is 1. The molecule has 1 aromatic carbocycles. The fourth-order valence-corrected chi connectivity index (χ4v) is 1.74. The molecule has 0 fully saturated rings. The molecule has 1 heterocycles. The number of hydrogen-bond acceptors (Lipinski definition) is 4. The number of nitrogens with two attached hydrogens (primary N) is 1. The van der Waals surface area contributed by atoms with Crippen molar-refractivity contribution in [3.05, 3.63) is 48.2 Å². The van der Waals surface area contributed by atoms with Crippen molar-refractivity contribution in [1.29, 1.82) is 0 Å². The number of anilines is 1. The van der Waals surface area contributed by atoms with Gasteiger partial charge >= 0.3 is 0 Å². The van der Waals surface area contributed by atoms with Gasteiger partial charge in [0.05, 0.1) is 17.8 Å². The summed E-state index contributed by atoms with van der Waals surface area (Å²) in [5, 5.41) is 2.78. The standard InChI is InChI=1S/C17H21N3O2.2ClH/c1-11-4-7-15(8-5-11)22-16-9-6-14(10-19-16)20-17(21)12(2)13(3)18;;/h4-10,12-13H,18H2,1-3H3,(H,20,21);2*1H. The molecule has 24 heavy (non-hydrogen) atoms. The van der Waals surface area contributed by atoms with E-state index < -0.39 is 0 Å². The Kier molecular flexibility index (Phi) is 9.36. The van der Waals surface area contributed by atoms with Crippen LogP contribution in [0.4, 0.5) is 5.69 Å². The van der Waals surface area contributed by atoms with Crippen LogP contribution in [0.2, 0.25) is 0 Å². The molecule has 0 spiro atoms. The number of nitrogens with zero attached hydrogens (tertiary/aromatic N) is 1. The molecular weight excluding hydrogens is 349 g/mol. The van der Waals surface area contributed by atoms with Crippen molar-refractivity contribution >= 4 is 36.4 Å². The molecule has 1 amide bonds. The highest BCUT2D eigenvalue weighted by Crippen LogP contribution is 2.21. The third-order valence-electron chi connectivity index (χ3n) is 3.45. The fraction of sp³-hybridized carbons (Fsp3) is 0.294. The van der Waals surface area contributed by atoms with Gasteiger partial charge in [-0.3, -0.25) is 4.79 Å². The van der Waals surface area contributed by atoms with Crippen LogP contribution < -0.4 is 15.8 Å². The summed E-state index contributed by atoms with van der Waals surface area (Å²) in [6.45, 7) is 5.62. The molecule has 1 aromatic heterocycles. The molecule has 5 nitrogen and oxygen atoms in total. The summed E-state index contributed by atoms with van der Waals surface area (Å²) in [6, 6.07) is 11.0. The average Bonchev–Trinajstić information content (AvgIpc) is 2.50. The highest BCUT2D eigenvalue weighted by molar-refractivity contribution is 5.92. The van der Waals surface area contributed by atoms with E-state index in [0.29, 0.717) is 11.6 Å². The van der Waals surface area contributed by atoms with Crippen molar-refractivity contribution in [2.24, 2.45) is 11.7 Å². The number of amides is 1. The molecule has 3 N–H and O–H groups in total. The first kappa shape index (κ1) is 22.2. The van der Waals surface area contributed by atoms with Gasteiger partial charge in [0, 0.05) is 12.1 Å². The Hall–Kier alpha value is -1.82. The van der Waals surface area contributed by atoms with Gasteiger partial charge in [0.2, 0.25) is 11.8 Å². The second kappa shape index (κ2) is 10.1. The van der Waals surface area contributed by atoms with Crippen LogP contribution in [0.25, 0.3) is 0 Å². The van der Waals surface area contributed by atoms with Crippen molar-refractivity contribution in [3.63, 3.8) is 0 Å². The third-order valence-corrected chi connectivity index (χ3v) is 3.45. The topological polar surface area (TPSA) is 77.2 Å². The lowest BCUT2D eigenvalue weighted by molar-refractivity contribution is -0.119. The van der Waals surface area contributed by atoms with Crippen molar-refractivity contribution in [1.82, 2.24) is 4.98 Å². The predicted molar refractivity (Wildman–Crippen MR) is 101 cm³/mol. The normalized spacial score (nSPS) is 12.2. The largest absolute Gasteiger partial charge is 0.439 e. The number of aryl methyl sites for hydroxylation is 1. The molecule has 2 rings (SSSR count). The van der Waals surface area contributed by atoms with E-state index in [1.54, 1.807) is 32.2 Å². The number of ether oxygens (including phenoxy) is 1. The zero-order valence-electron chi connectivity index (χ0n) is 13.9. The Morgan fingerprint density at radius 2 is 1.75 bits per heavy atom. The minimum Gasteiger partial charge on any atom is -0.439 e. The molecule has 0 aliphatic rings. The van der Waals surface area contributed by atoms with E-state index in [-0.39, 0.29) is 42.7 Å². The van der Waals surface area contributed by atoms with E-state index in [9.17, 15) is 4.79 Å². The van der Waals surface area contributed by atoms with Crippen LogP contribution >= 0.6 is 24.8 Å². The molecule has 2 aromatic rings. The first-order valence-corrected chi connectivity index (χ1v) is 7.22.